The molecule has 0 heterocycles. The van der Waals surface area contributed by atoms with Crippen molar-refractivity contribution in [2.45, 2.75) is 32.4 Å². The maximum absolute atomic E-state index is 12.4. The zero-order chi connectivity index (χ0) is 13.7. The molecule has 20 heavy (non-hydrogen) atoms. The lowest BCUT2D eigenvalue weighted by Gasteiger charge is -2.11. The lowest BCUT2D eigenvalue weighted by molar-refractivity contribution is -0.123. The van der Waals surface area contributed by atoms with Crippen LogP contribution in [0.5, 0.6) is 0 Å². The smallest absolute Gasteiger partial charge is 0.223 e. The van der Waals surface area contributed by atoms with E-state index in [4.69, 9.17) is 5.73 Å². The van der Waals surface area contributed by atoms with E-state index >= 15 is 0 Å². The van der Waals surface area contributed by atoms with E-state index in [-0.39, 0.29) is 5.91 Å². The van der Waals surface area contributed by atoms with Crippen LogP contribution in [-0.2, 0) is 17.9 Å². The average Bonchev–Trinajstić information content (AvgIpc) is 2.93. The Labute approximate surface area is 119 Å². The van der Waals surface area contributed by atoms with Crippen molar-refractivity contribution in [1.82, 2.24) is 5.32 Å². The second-order valence-corrected chi connectivity index (χ2v) is 6.70. The molecule has 4 unspecified atom stereocenters. The molecular weight excluding hydrogens is 248 g/mol. The van der Waals surface area contributed by atoms with E-state index in [0.29, 0.717) is 19.0 Å². The van der Waals surface area contributed by atoms with Gasteiger partial charge < -0.3 is 11.1 Å². The molecule has 1 amide bonds. The molecule has 3 aliphatic rings. The highest BCUT2D eigenvalue weighted by atomic mass is 16.2. The van der Waals surface area contributed by atoms with Crippen LogP contribution in [-0.4, -0.2) is 5.91 Å². The Balaban J connectivity index is 1.38. The summed E-state index contributed by atoms with van der Waals surface area (Å²) in [5.41, 5.74) is 8.01. The molecule has 3 nitrogen and oxygen atoms in total. The van der Waals surface area contributed by atoms with Crippen LogP contribution in [0.4, 0.5) is 0 Å². The van der Waals surface area contributed by atoms with E-state index in [1.54, 1.807) is 0 Å². The van der Waals surface area contributed by atoms with Gasteiger partial charge in [0.05, 0.1) is 0 Å². The van der Waals surface area contributed by atoms with E-state index in [0.717, 1.165) is 34.8 Å². The van der Waals surface area contributed by atoms with Gasteiger partial charge in [0.15, 0.2) is 0 Å². The fourth-order valence-corrected chi connectivity index (χ4v) is 4.90. The predicted molar refractivity (Wildman–Crippen MR) is 77.5 cm³/mol. The molecular formula is C17H22N2O. The van der Waals surface area contributed by atoms with Crippen LogP contribution in [0.15, 0.2) is 24.3 Å². The number of carbonyl (C=O) groups excluding carboxylic acids is 1. The van der Waals surface area contributed by atoms with Crippen LogP contribution in [0.25, 0.3) is 0 Å². The molecule has 3 heteroatoms. The predicted octanol–water partition coefficient (Wildman–Crippen LogP) is 2.05. The molecule has 0 aromatic heterocycles. The number of nitrogens with one attached hydrogen (secondary N) is 1. The Morgan fingerprint density at radius 1 is 1.15 bits per heavy atom. The number of hydrogen-bond donors (Lipinski definition) is 2. The summed E-state index contributed by atoms with van der Waals surface area (Å²) in [5, 5.41) is 3.14. The molecule has 106 valence electrons. The third kappa shape index (κ3) is 1.80. The van der Waals surface area contributed by atoms with Gasteiger partial charge in [-0.05, 0) is 54.1 Å². The zero-order valence-corrected chi connectivity index (χ0v) is 11.7. The number of carbonyl (C=O) groups is 1. The maximum atomic E-state index is 12.4. The normalized spacial score (nSPS) is 36.8. The second-order valence-electron chi connectivity index (χ2n) is 6.70. The third-order valence-electron chi connectivity index (χ3n) is 5.83. The number of benzene rings is 1. The molecule has 3 N–H and O–H groups in total. The molecule has 4 rings (SSSR count). The topological polar surface area (TPSA) is 55.1 Å². The number of hydrogen-bond acceptors (Lipinski definition) is 2. The van der Waals surface area contributed by atoms with Gasteiger partial charge in [-0.15, -0.1) is 0 Å². The van der Waals surface area contributed by atoms with Crippen molar-refractivity contribution in [1.29, 1.82) is 0 Å². The summed E-state index contributed by atoms with van der Waals surface area (Å²) < 4.78 is 0. The van der Waals surface area contributed by atoms with Gasteiger partial charge in [0, 0.05) is 19.0 Å². The van der Waals surface area contributed by atoms with E-state index in [1.807, 2.05) is 18.2 Å². The van der Waals surface area contributed by atoms with Crippen LogP contribution < -0.4 is 11.1 Å². The van der Waals surface area contributed by atoms with Crippen molar-refractivity contribution in [3.05, 3.63) is 35.4 Å². The standard InChI is InChI=1S/C17H22N2O/c18-8-12-3-1-2-4-13(12)9-19-17(20)16-14-10-5-6-11(7-10)15(14)16/h1-4,10-11,14-16H,5-9,18H2,(H,19,20). The Hall–Kier alpha value is -1.35. The lowest BCUT2D eigenvalue weighted by Crippen LogP contribution is -2.27. The second kappa shape index (κ2) is 4.59. The summed E-state index contributed by atoms with van der Waals surface area (Å²) in [7, 11) is 0. The van der Waals surface area contributed by atoms with Crippen molar-refractivity contribution < 1.29 is 4.79 Å². The van der Waals surface area contributed by atoms with Crippen LogP contribution in [0.1, 0.15) is 30.4 Å². The first kappa shape index (κ1) is 12.4. The Morgan fingerprint density at radius 2 is 1.80 bits per heavy atom. The van der Waals surface area contributed by atoms with Crippen LogP contribution in [0.3, 0.4) is 0 Å². The molecule has 3 fully saturated rings. The van der Waals surface area contributed by atoms with E-state index < -0.39 is 0 Å². The summed E-state index contributed by atoms with van der Waals surface area (Å²) in [6.07, 6.45) is 4.13. The molecule has 1 aromatic carbocycles. The summed E-state index contributed by atoms with van der Waals surface area (Å²) in [4.78, 5) is 12.4. The van der Waals surface area contributed by atoms with Crippen molar-refractivity contribution in [3.8, 4) is 0 Å². The highest BCUT2D eigenvalue weighted by Crippen LogP contribution is 2.69. The fraction of sp³-hybridized carbons (Fsp3) is 0.588. The van der Waals surface area contributed by atoms with Gasteiger partial charge in [-0.1, -0.05) is 24.3 Å². The van der Waals surface area contributed by atoms with Crippen molar-refractivity contribution in [3.63, 3.8) is 0 Å². The van der Waals surface area contributed by atoms with Crippen LogP contribution >= 0.6 is 0 Å². The lowest BCUT2D eigenvalue weighted by atomic mass is 10.0. The van der Waals surface area contributed by atoms with Crippen molar-refractivity contribution in [2.75, 3.05) is 0 Å². The van der Waals surface area contributed by atoms with Crippen molar-refractivity contribution >= 4 is 5.91 Å². The maximum Gasteiger partial charge on any atom is 0.223 e. The highest BCUT2D eigenvalue weighted by Gasteiger charge is 2.67. The first-order valence-electron chi connectivity index (χ1n) is 7.84. The third-order valence-corrected chi connectivity index (χ3v) is 5.83. The van der Waals surface area contributed by atoms with E-state index in [9.17, 15) is 4.79 Å². The van der Waals surface area contributed by atoms with Gasteiger partial charge >= 0.3 is 0 Å². The minimum atomic E-state index is 0.281. The molecule has 3 aliphatic carbocycles. The van der Waals surface area contributed by atoms with Gasteiger partial charge in [0.2, 0.25) is 5.91 Å². The first-order valence-corrected chi connectivity index (χ1v) is 7.84. The minimum absolute atomic E-state index is 0.281. The molecule has 0 radical (unpaired) electrons. The molecule has 2 bridgehead atoms. The quantitative estimate of drug-likeness (QED) is 0.880. The summed E-state index contributed by atoms with van der Waals surface area (Å²) in [6.45, 7) is 1.16. The number of rotatable bonds is 4. The van der Waals surface area contributed by atoms with Gasteiger partial charge in [-0.2, -0.15) is 0 Å². The Morgan fingerprint density at radius 3 is 2.45 bits per heavy atom. The number of amides is 1. The summed E-state index contributed by atoms with van der Waals surface area (Å²) in [6, 6.07) is 8.09. The Bertz CT molecular complexity index is 526. The van der Waals surface area contributed by atoms with Crippen LogP contribution in [0, 0.1) is 29.6 Å². The molecule has 4 atom stereocenters. The van der Waals surface area contributed by atoms with E-state index in [1.165, 1.54) is 19.3 Å². The minimum Gasteiger partial charge on any atom is -0.352 e. The van der Waals surface area contributed by atoms with Crippen molar-refractivity contribution in [2.24, 2.45) is 35.3 Å². The molecule has 0 aliphatic heterocycles. The van der Waals surface area contributed by atoms with Gasteiger partial charge in [-0.3, -0.25) is 4.79 Å². The molecule has 0 spiro atoms. The van der Waals surface area contributed by atoms with Crippen LogP contribution in [0.2, 0.25) is 0 Å². The SMILES string of the molecule is NCc1ccccc1CNC(=O)C1C2C3CCC(C3)C12. The number of nitrogens with two attached hydrogens (primary N) is 1. The molecule has 1 aromatic rings. The van der Waals surface area contributed by atoms with Gasteiger partial charge in [-0.25, -0.2) is 0 Å². The average molecular weight is 270 g/mol. The van der Waals surface area contributed by atoms with E-state index in [2.05, 4.69) is 11.4 Å². The first-order chi connectivity index (χ1) is 9.79. The molecule has 3 saturated carbocycles. The summed E-state index contributed by atoms with van der Waals surface area (Å²) in [5.74, 6) is 3.76. The summed E-state index contributed by atoms with van der Waals surface area (Å²) >= 11 is 0. The highest BCUT2D eigenvalue weighted by molar-refractivity contribution is 5.82. The van der Waals surface area contributed by atoms with Gasteiger partial charge in [0.25, 0.3) is 0 Å². The fourth-order valence-electron chi connectivity index (χ4n) is 4.90. The molecule has 0 saturated heterocycles. The zero-order valence-electron chi connectivity index (χ0n) is 11.7. The Kier molecular flexibility index (Phi) is 2.84. The number of fused-ring (bicyclic) bond motifs is 5. The monoisotopic (exact) mass is 270 g/mol. The van der Waals surface area contributed by atoms with Gasteiger partial charge in [0.1, 0.15) is 0 Å². The largest absolute Gasteiger partial charge is 0.352 e.